The van der Waals surface area contributed by atoms with E-state index < -0.39 is 8.01 Å². The Balaban J connectivity index is -0.000000912. The monoisotopic (exact) mass is 508 g/mol. The maximum atomic E-state index is 6.32. The van der Waals surface area contributed by atoms with Gasteiger partial charge in [0.15, 0.2) is 0 Å². The minimum Gasteiger partial charge on any atom is -0.424 e. The molecule has 0 saturated heterocycles. The number of aryl methyl sites for hydroxylation is 4. The SMILES string of the molecule is CC.CC.CC.CC.CC.CCCc1c(C)ccc2op(C)oc(CC)c(C3=C(C)CCCC3)c12. The lowest BCUT2D eigenvalue weighted by molar-refractivity contribution is 0.565. The zero-order valence-corrected chi connectivity index (χ0v) is 27.3. The van der Waals surface area contributed by atoms with Crippen molar-refractivity contribution in [1.29, 1.82) is 0 Å². The third-order valence-corrected chi connectivity index (χ3v) is 6.30. The van der Waals surface area contributed by atoms with E-state index in [9.17, 15) is 0 Å². The Kier molecular flexibility index (Phi) is 26.5. The van der Waals surface area contributed by atoms with E-state index in [4.69, 9.17) is 8.39 Å². The highest BCUT2D eigenvalue weighted by Gasteiger charge is 2.21. The van der Waals surface area contributed by atoms with Crippen LogP contribution in [0.25, 0.3) is 16.5 Å². The second-order valence-electron chi connectivity index (χ2n) is 7.22. The molecule has 3 rings (SSSR count). The first-order chi connectivity index (χ1) is 17.1. The van der Waals surface area contributed by atoms with Crippen molar-refractivity contribution >= 4 is 24.6 Å². The first-order valence-corrected chi connectivity index (χ1v) is 16.3. The van der Waals surface area contributed by atoms with Crippen molar-refractivity contribution in [2.75, 3.05) is 0 Å². The average Bonchev–Trinajstić information content (AvgIpc) is 3.07. The van der Waals surface area contributed by atoms with Crippen LogP contribution in [0.15, 0.2) is 26.1 Å². The van der Waals surface area contributed by atoms with Crippen LogP contribution < -0.4 is 0 Å². The topological polar surface area (TPSA) is 26.3 Å². The lowest BCUT2D eigenvalue weighted by Crippen LogP contribution is -2.02. The van der Waals surface area contributed by atoms with E-state index in [1.165, 1.54) is 52.5 Å². The van der Waals surface area contributed by atoms with Crippen LogP contribution in [0.5, 0.6) is 0 Å². The molecule has 206 valence electrons. The minimum absolute atomic E-state index is 0.918. The molecule has 1 unspecified atom stereocenters. The van der Waals surface area contributed by atoms with Gasteiger partial charge in [0, 0.05) is 24.0 Å². The summed E-state index contributed by atoms with van der Waals surface area (Å²) in [5, 5.41) is 1.32. The normalized spacial score (nSPS) is 12.1. The van der Waals surface area contributed by atoms with E-state index in [0.29, 0.717) is 0 Å². The zero-order valence-electron chi connectivity index (χ0n) is 26.4. The van der Waals surface area contributed by atoms with Gasteiger partial charge in [-0.3, -0.25) is 0 Å². The molecule has 1 heterocycles. The van der Waals surface area contributed by atoms with Gasteiger partial charge in [0.2, 0.25) is 8.01 Å². The predicted octanol–water partition coefficient (Wildman–Crippen LogP) is 13.0. The molecule has 0 fully saturated rings. The summed E-state index contributed by atoms with van der Waals surface area (Å²) in [6.45, 7) is 31.1. The molecule has 0 bridgehead atoms. The highest BCUT2D eigenvalue weighted by Crippen LogP contribution is 2.42. The first kappa shape index (κ1) is 38.1. The van der Waals surface area contributed by atoms with Gasteiger partial charge in [0.1, 0.15) is 11.3 Å². The van der Waals surface area contributed by atoms with Crippen molar-refractivity contribution in [3.8, 4) is 0 Å². The second-order valence-corrected chi connectivity index (χ2v) is 8.47. The minimum atomic E-state index is -0.924. The second kappa shape index (κ2) is 24.3. The zero-order chi connectivity index (χ0) is 28.0. The smallest absolute Gasteiger partial charge is 0.212 e. The number of benzene rings is 1. The maximum absolute atomic E-state index is 6.32. The maximum Gasteiger partial charge on any atom is 0.212 e. The Morgan fingerprint density at radius 1 is 0.771 bits per heavy atom. The molecular weight excluding hydrogens is 447 g/mol. The summed E-state index contributed by atoms with van der Waals surface area (Å²) in [5.41, 5.74) is 8.24. The summed E-state index contributed by atoms with van der Waals surface area (Å²) in [7, 11) is -0.924. The largest absolute Gasteiger partial charge is 0.424 e. The lowest BCUT2D eigenvalue weighted by atomic mass is 9.84. The number of hydrogen-bond acceptors (Lipinski definition) is 2. The molecule has 0 aliphatic heterocycles. The Labute approximate surface area is 221 Å². The summed E-state index contributed by atoms with van der Waals surface area (Å²) >= 11 is 0. The first-order valence-electron chi connectivity index (χ1n) is 14.7. The quantitative estimate of drug-likeness (QED) is 0.410. The molecule has 1 aromatic heterocycles. The van der Waals surface area contributed by atoms with Gasteiger partial charge in [-0.05, 0) is 68.7 Å². The molecule has 1 aliphatic rings. The van der Waals surface area contributed by atoms with E-state index >= 15 is 0 Å². The Morgan fingerprint density at radius 3 is 1.80 bits per heavy atom. The van der Waals surface area contributed by atoms with Gasteiger partial charge in [-0.2, -0.15) is 0 Å². The van der Waals surface area contributed by atoms with E-state index in [-0.39, 0.29) is 0 Å². The van der Waals surface area contributed by atoms with Crippen molar-refractivity contribution in [2.24, 2.45) is 6.66 Å². The molecule has 0 N–H and O–H groups in total. The molecule has 0 spiro atoms. The third-order valence-electron chi connectivity index (χ3n) is 5.37. The van der Waals surface area contributed by atoms with Crippen molar-refractivity contribution in [1.82, 2.24) is 0 Å². The van der Waals surface area contributed by atoms with E-state index in [0.717, 1.165) is 37.0 Å². The molecule has 0 amide bonds. The Morgan fingerprint density at radius 2 is 1.31 bits per heavy atom. The molecule has 35 heavy (non-hydrogen) atoms. The fraction of sp³-hybridized carbons (Fsp3) is 0.688. The van der Waals surface area contributed by atoms with Gasteiger partial charge >= 0.3 is 0 Å². The van der Waals surface area contributed by atoms with Gasteiger partial charge in [-0.15, -0.1) is 0 Å². The Bertz CT molecular complexity index is 845. The van der Waals surface area contributed by atoms with E-state index in [2.05, 4.69) is 46.5 Å². The highest BCUT2D eigenvalue weighted by atomic mass is 31.1. The van der Waals surface area contributed by atoms with Gasteiger partial charge in [-0.25, -0.2) is 0 Å². The van der Waals surface area contributed by atoms with Crippen LogP contribution in [0.2, 0.25) is 0 Å². The van der Waals surface area contributed by atoms with Crippen molar-refractivity contribution < 1.29 is 8.39 Å². The highest BCUT2D eigenvalue weighted by molar-refractivity contribution is 7.34. The molecule has 3 heteroatoms. The number of allylic oxidation sites excluding steroid dienone is 2. The molecule has 2 aromatic rings. The van der Waals surface area contributed by atoms with Gasteiger partial charge in [-0.1, -0.05) is 101 Å². The fourth-order valence-electron chi connectivity index (χ4n) is 4.11. The summed E-state index contributed by atoms with van der Waals surface area (Å²) in [6, 6.07) is 4.37. The molecule has 1 aliphatic carbocycles. The molecule has 1 atom stereocenters. The van der Waals surface area contributed by atoms with Crippen LogP contribution in [-0.2, 0) is 19.5 Å². The lowest BCUT2D eigenvalue weighted by Gasteiger charge is -2.21. The summed E-state index contributed by atoms with van der Waals surface area (Å²) in [6.07, 6.45) is 8.11. The van der Waals surface area contributed by atoms with Gasteiger partial charge in [0.05, 0.1) is 0 Å². The fourth-order valence-corrected chi connectivity index (χ4v) is 5.10. The summed E-state index contributed by atoms with van der Waals surface area (Å²) in [5.74, 6) is 1.13. The standard InChI is InChI=1S/C22H31O2P.5C2H6/c1-6-10-17-16(4)13-14-20-22(17)21(18-12-9-8-11-15(18)3)19(7-2)23-25(5)24-20;5*1-2/h13-14H,6-12H2,1-5H3;5*1-2H3. The molecular formula is C32H61O2P. The van der Waals surface area contributed by atoms with Gasteiger partial charge in [0.25, 0.3) is 0 Å². The molecule has 2 nitrogen and oxygen atoms in total. The number of fused-ring (bicyclic) bond motifs is 1. The van der Waals surface area contributed by atoms with Crippen molar-refractivity contribution in [3.63, 3.8) is 0 Å². The molecule has 0 saturated carbocycles. The van der Waals surface area contributed by atoms with E-state index in [1.54, 1.807) is 0 Å². The van der Waals surface area contributed by atoms with Crippen LogP contribution in [0.1, 0.15) is 145 Å². The van der Waals surface area contributed by atoms with E-state index in [1.807, 2.05) is 69.2 Å². The summed E-state index contributed by atoms with van der Waals surface area (Å²) < 4.78 is 12.6. The Hall–Kier alpha value is -1.40. The van der Waals surface area contributed by atoms with Crippen LogP contribution in [0.4, 0.5) is 0 Å². The predicted molar refractivity (Wildman–Crippen MR) is 166 cm³/mol. The molecule has 1 aromatic carbocycles. The van der Waals surface area contributed by atoms with Crippen LogP contribution in [0.3, 0.4) is 0 Å². The number of rotatable bonds is 4. The van der Waals surface area contributed by atoms with Crippen LogP contribution in [0, 0.1) is 6.92 Å². The van der Waals surface area contributed by atoms with Crippen LogP contribution >= 0.6 is 8.01 Å². The number of hydrogen-bond donors (Lipinski definition) is 0. The van der Waals surface area contributed by atoms with Crippen molar-refractivity contribution in [2.45, 2.75) is 142 Å². The summed E-state index contributed by atoms with van der Waals surface area (Å²) in [4.78, 5) is 0. The third kappa shape index (κ3) is 11.5. The van der Waals surface area contributed by atoms with Crippen LogP contribution in [-0.4, -0.2) is 0 Å². The van der Waals surface area contributed by atoms with Crippen molar-refractivity contribution in [3.05, 3.63) is 40.2 Å². The molecule has 0 radical (unpaired) electrons. The average molecular weight is 509 g/mol. The van der Waals surface area contributed by atoms with Gasteiger partial charge < -0.3 is 8.39 Å².